The maximum atomic E-state index is 13.5. The van der Waals surface area contributed by atoms with Gasteiger partial charge in [0.2, 0.25) is 18.6 Å². The van der Waals surface area contributed by atoms with Crippen molar-refractivity contribution >= 4 is 45.8 Å². The number of thioether (sulfide) groups is 1. The average Bonchev–Trinajstić information content (AvgIpc) is 3.49. The summed E-state index contributed by atoms with van der Waals surface area (Å²) in [7, 11) is 1.40. The van der Waals surface area contributed by atoms with E-state index in [0.29, 0.717) is 22.4 Å². The Labute approximate surface area is 221 Å². The quantitative estimate of drug-likeness (QED) is 0.330. The van der Waals surface area contributed by atoms with E-state index in [1.165, 1.54) is 37.1 Å². The fourth-order valence-electron chi connectivity index (χ4n) is 3.98. The molecule has 2 aliphatic rings. The Morgan fingerprint density at radius 2 is 1.95 bits per heavy atom. The second-order valence-corrected chi connectivity index (χ2v) is 9.51. The maximum Gasteiger partial charge on any atom is 0.271 e. The zero-order valence-electron chi connectivity index (χ0n) is 20.2. The number of methoxy groups -OCH3 is 1. The lowest BCUT2D eigenvalue weighted by atomic mass is 10.1. The van der Waals surface area contributed by atoms with Gasteiger partial charge in [-0.3, -0.25) is 24.6 Å². The van der Waals surface area contributed by atoms with Crippen molar-refractivity contribution in [1.29, 1.82) is 0 Å². The number of ether oxygens (including phenoxy) is 3. The van der Waals surface area contributed by atoms with E-state index in [1.54, 1.807) is 11.0 Å². The van der Waals surface area contributed by atoms with Crippen LogP contribution in [0.25, 0.3) is 0 Å². The number of hydrogen-bond donors (Lipinski definition) is 1. The van der Waals surface area contributed by atoms with Crippen molar-refractivity contribution in [3.8, 4) is 17.2 Å². The Morgan fingerprint density at radius 1 is 1.16 bits per heavy atom. The first kappa shape index (κ1) is 25.1. The molecule has 2 aliphatic heterocycles. The summed E-state index contributed by atoms with van der Waals surface area (Å²) in [6.45, 7) is 0.371. The molecule has 1 saturated heterocycles. The number of non-ortho nitro benzene ring substituents is 1. The second kappa shape index (κ2) is 10.8. The molecule has 3 aromatic rings. The molecule has 11 nitrogen and oxygen atoms in total. The Kier molecular flexibility index (Phi) is 7.13. The summed E-state index contributed by atoms with van der Waals surface area (Å²) in [4.78, 5) is 43.2. The number of amides is 2. The minimum Gasteiger partial charge on any atom is -0.495 e. The standard InChI is InChI=1S/C26H22N4O7S/c1-35-20-10-8-18(30(33)34)12-19(20)28-24(31)13-23-25(32)29(26(38-23)27-17-5-3-2-4-6-17)14-16-7-9-21-22(11-16)37-15-36-21/h2-12,23H,13-15H2,1H3,(H,28,31). The number of anilines is 1. The fraction of sp³-hybridized carbons (Fsp3) is 0.192. The summed E-state index contributed by atoms with van der Waals surface area (Å²) < 4.78 is 16.0. The zero-order valence-corrected chi connectivity index (χ0v) is 21.0. The third-order valence-electron chi connectivity index (χ3n) is 5.82. The van der Waals surface area contributed by atoms with Crippen molar-refractivity contribution in [3.63, 3.8) is 0 Å². The van der Waals surface area contributed by atoms with Gasteiger partial charge in [0.05, 0.1) is 30.0 Å². The van der Waals surface area contributed by atoms with Crippen LogP contribution in [0.3, 0.4) is 0 Å². The van der Waals surface area contributed by atoms with Crippen LogP contribution in [0, 0.1) is 10.1 Å². The van der Waals surface area contributed by atoms with Crippen molar-refractivity contribution in [1.82, 2.24) is 4.90 Å². The molecule has 5 rings (SSSR count). The predicted octanol–water partition coefficient (Wildman–Crippen LogP) is 4.49. The maximum absolute atomic E-state index is 13.5. The number of nitro groups is 1. The number of carbonyl (C=O) groups is 2. The van der Waals surface area contributed by atoms with Gasteiger partial charge in [-0.2, -0.15) is 0 Å². The number of benzene rings is 3. The Balaban J connectivity index is 1.36. The SMILES string of the molecule is COc1ccc([N+](=O)[O-])cc1NC(=O)CC1SC(=Nc2ccccc2)N(Cc2ccc3c(c2)OCO3)C1=O. The summed E-state index contributed by atoms with van der Waals surface area (Å²) in [5, 5.41) is 13.5. The molecule has 194 valence electrons. The van der Waals surface area contributed by atoms with Crippen LogP contribution in [0.4, 0.5) is 17.1 Å². The topological polar surface area (TPSA) is 133 Å². The van der Waals surface area contributed by atoms with Crippen LogP contribution >= 0.6 is 11.8 Å². The van der Waals surface area contributed by atoms with E-state index >= 15 is 0 Å². The average molecular weight is 535 g/mol. The number of nitrogens with one attached hydrogen (secondary N) is 1. The minimum atomic E-state index is -0.740. The van der Waals surface area contributed by atoms with Crippen LogP contribution in [0.2, 0.25) is 0 Å². The largest absolute Gasteiger partial charge is 0.495 e. The lowest BCUT2D eigenvalue weighted by molar-refractivity contribution is -0.384. The number of aliphatic imine (C=N–C) groups is 1. The third-order valence-corrected chi connectivity index (χ3v) is 6.99. The molecular formula is C26H22N4O7S. The first-order valence-corrected chi connectivity index (χ1v) is 12.4. The molecule has 0 aliphatic carbocycles. The van der Waals surface area contributed by atoms with E-state index in [4.69, 9.17) is 14.2 Å². The molecule has 1 unspecified atom stereocenters. The van der Waals surface area contributed by atoms with Crippen LogP contribution in [0.5, 0.6) is 17.2 Å². The number of carbonyl (C=O) groups excluding carboxylic acids is 2. The van der Waals surface area contributed by atoms with Gasteiger partial charge in [-0.15, -0.1) is 0 Å². The summed E-state index contributed by atoms with van der Waals surface area (Å²) >= 11 is 1.19. The van der Waals surface area contributed by atoms with Crippen molar-refractivity contribution in [2.75, 3.05) is 19.2 Å². The highest BCUT2D eigenvalue weighted by Crippen LogP contribution is 2.36. The van der Waals surface area contributed by atoms with Gasteiger partial charge in [0.25, 0.3) is 5.69 Å². The van der Waals surface area contributed by atoms with E-state index in [2.05, 4.69) is 10.3 Å². The molecule has 0 bridgehead atoms. The third kappa shape index (κ3) is 5.39. The van der Waals surface area contributed by atoms with Gasteiger partial charge in [0.15, 0.2) is 16.7 Å². The Morgan fingerprint density at radius 3 is 2.71 bits per heavy atom. The summed E-state index contributed by atoms with van der Waals surface area (Å²) in [5.41, 5.74) is 1.44. The zero-order chi connectivity index (χ0) is 26.6. The van der Waals surface area contributed by atoms with Crippen LogP contribution in [0.15, 0.2) is 71.7 Å². The highest BCUT2D eigenvalue weighted by molar-refractivity contribution is 8.15. The monoisotopic (exact) mass is 534 g/mol. The fourth-order valence-corrected chi connectivity index (χ4v) is 5.14. The summed E-state index contributed by atoms with van der Waals surface area (Å²) in [5.74, 6) is 0.748. The first-order chi connectivity index (χ1) is 18.4. The molecule has 1 atom stereocenters. The van der Waals surface area contributed by atoms with Crippen LogP contribution in [0.1, 0.15) is 12.0 Å². The normalized spacial score (nSPS) is 17.1. The van der Waals surface area contributed by atoms with Gasteiger partial charge in [0.1, 0.15) is 11.0 Å². The number of amidine groups is 1. The number of nitro benzene ring substituents is 1. The molecular weight excluding hydrogens is 512 g/mol. The van der Waals surface area contributed by atoms with Gasteiger partial charge in [-0.25, -0.2) is 4.99 Å². The molecule has 3 aromatic carbocycles. The highest BCUT2D eigenvalue weighted by atomic mass is 32.2. The minimum absolute atomic E-state index is 0.143. The van der Waals surface area contributed by atoms with Gasteiger partial charge in [-0.05, 0) is 35.9 Å². The van der Waals surface area contributed by atoms with Crippen molar-refractivity contribution in [2.45, 2.75) is 18.2 Å². The van der Waals surface area contributed by atoms with E-state index < -0.39 is 16.1 Å². The smallest absolute Gasteiger partial charge is 0.271 e. The molecule has 0 radical (unpaired) electrons. The van der Waals surface area contributed by atoms with Gasteiger partial charge >= 0.3 is 0 Å². The van der Waals surface area contributed by atoms with Crippen LogP contribution in [-0.2, 0) is 16.1 Å². The van der Waals surface area contributed by atoms with Gasteiger partial charge in [0, 0.05) is 18.6 Å². The number of nitrogens with zero attached hydrogens (tertiary/aromatic N) is 3. The number of rotatable bonds is 8. The predicted molar refractivity (Wildman–Crippen MR) is 141 cm³/mol. The van der Waals surface area contributed by atoms with Crippen LogP contribution in [-0.4, -0.2) is 46.0 Å². The molecule has 12 heteroatoms. The van der Waals surface area contributed by atoms with E-state index in [-0.39, 0.29) is 42.8 Å². The summed E-state index contributed by atoms with van der Waals surface area (Å²) in [6.07, 6.45) is -0.166. The lowest BCUT2D eigenvalue weighted by Crippen LogP contribution is -2.33. The molecule has 2 heterocycles. The molecule has 2 amide bonds. The van der Waals surface area contributed by atoms with Crippen molar-refractivity contribution in [3.05, 3.63) is 82.4 Å². The first-order valence-electron chi connectivity index (χ1n) is 11.5. The van der Waals surface area contributed by atoms with E-state index in [9.17, 15) is 19.7 Å². The van der Waals surface area contributed by atoms with E-state index in [1.807, 2.05) is 42.5 Å². The van der Waals surface area contributed by atoms with Crippen molar-refractivity contribution in [2.24, 2.45) is 4.99 Å². The van der Waals surface area contributed by atoms with Crippen molar-refractivity contribution < 1.29 is 28.7 Å². The van der Waals surface area contributed by atoms with Gasteiger partial charge in [-0.1, -0.05) is 36.0 Å². The molecule has 0 spiro atoms. The Hall–Kier alpha value is -4.58. The van der Waals surface area contributed by atoms with E-state index in [0.717, 1.165) is 5.56 Å². The number of fused-ring (bicyclic) bond motifs is 1. The molecule has 38 heavy (non-hydrogen) atoms. The number of para-hydroxylation sites is 1. The second-order valence-electron chi connectivity index (χ2n) is 8.34. The summed E-state index contributed by atoms with van der Waals surface area (Å²) in [6, 6.07) is 18.6. The van der Waals surface area contributed by atoms with Gasteiger partial charge < -0.3 is 19.5 Å². The lowest BCUT2D eigenvalue weighted by Gasteiger charge is -2.17. The molecule has 0 aromatic heterocycles. The highest BCUT2D eigenvalue weighted by Gasteiger charge is 2.39. The molecule has 1 fully saturated rings. The molecule has 0 saturated carbocycles. The Bertz CT molecular complexity index is 1430. The molecule has 1 N–H and O–H groups in total. The van der Waals surface area contributed by atoms with Crippen LogP contribution < -0.4 is 19.5 Å². The number of hydrogen-bond acceptors (Lipinski definition) is 9.